The molecule has 3 N–H and O–H groups in total. The molecule has 0 spiro atoms. The molecule has 9 nitrogen and oxygen atoms in total. The highest BCUT2D eigenvalue weighted by molar-refractivity contribution is 7.83. The van der Waals surface area contributed by atoms with E-state index in [0.29, 0.717) is 18.0 Å². The topological polar surface area (TPSA) is 120 Å². The number of hydrogen-bond acceptors (Lipinski definition) is 7. The van der Waals surface area contributed by atoms with Crippen LogP contribution < -0.4 is 9.47 Å². The molecule has 0 saturated heterocycles. The summed E-state index contributed by atoms with van der Waals surface area (Å²) in [5.41, 5.74) is 0. The smallest absolute Gasteiger partial charge is 0.335 e. The maximum Gasteiger partial charge on any atom is 0.335 e. The van der Waals surface area contributed by atoms with E-state index in [1.54, 1.807) is 43.2 Å². The fourth-order valence-electron chi connectivity index (χ4n) is 2.53. The van der Waals surface area contributed by atoms with Gasteiger partial charge in [-0.2, -0.15) is 12.7 Å². The van der Waals surface area contributed by atoms with Gasteiger partial charge in [-0.1, -0.05) is 13.8 Å². The summed E-state index contributed by atoms with van der Waals surface area (Å²) in [6.07, 6.45) is -1.79. The van der Waals surface area contributed by atoms with Crippen LogP contribution >= 0.6 is 0 Å². The summed E-state index contributed by atoms with van der Waals surface area (Å²) in [4.78, 5) is 1.78. The normalized spacial score (nSPS) is 14.4. The van der Waals surface area contributed by atoms with Gasteiger partial charge >= 0.3 is 10.3 Å². The van der Waals surface area contributed by atoms with E-state index in [1.165, 1.54) is 0 Å². The van der Waals surface area contributed by atoms with Crippen molar-refractivity contribution < 1.29 is 32.7 Å². The third-order valence-electron chi connectivity index (χ3n) is 3.98. The minimum absolute atomic E-state index is 0.0559. The van der Waals surface area contributed by atoms with E-state index in [1.807, 2.05) is 6.92 Å². The van der Waals surface area contributed by atoms with E-state index in [9.17, 15) is 18.6 Å². The maximum absolute atomic E-state index is 11.2. The molecular weight excluding hydrogens is 376 g/mol. The zero-order valence-electron chi connectivity index (χ0n) is 16.0. The van der Waals surface area contributed by atoms with Gasteiger partial charge in [0.1, 0.15) is 24.2 Å². The molecule has 0 aromatic heterocycles. The first kappa shape index (κ1) is 23.6. The van der Waals surface area contributed by atoms with Gasteiger partial charge in [0.05, 0.1) is 13.2 Å². The quantitative estimate of drug-likeness (QED) is 0.399. The number of rotatable bonds is 13. The lowest BCUT2D eigenvalue weighted by Crippen LogP contribution is -2.45. The number of ether oxygens (including phenoxy) is 2. The van der Waals surface area contributed by atoms with Crippen molar-refractivity contribution in [3.63, 3.8) is 0 Å². The average Bonchev–Trinajstić information content (AvgIpc) is 2.63. The van der Waals surface area contributed by atoms with Gasteiger partial charge in [0.25, 0.3) is 0 Å². The zero-order chi connectivity index (χ0) is 20.4. The van der Waals surface area contributed by atoms with Gasteiger partial charge in [0.2, 0.25) is 0 Å². The van der Waals surface area contributed by atoms with E-state index >= 15 is 0 Å². The van der Waals surface area contributed by atoms with Gasteiger partial charge in [-0.25, -0.2) is 0 Å². The van der Waals surface area contributed by atoms with Crippen LogP contribution in [0.3, 0.4) is 0 Å². The Morgan fingerprint density at radius 1 is 0.963 bits per heavy atom. The molecule has 0 bridgehead atoms. The Kier molecular flexibility index (Phi) is 9.99. The van der Waals surface area contributed by atoms with Crippen molar-refractivity contribution in [2.75, 3.05) is 46.4 Å². The third kappa shape index (κ3) is 8.87. The lowest BCUT2D eigenvalue weighted by molar-refractivity contribution is 0.0429. The molecule has 0 aliphatic carbocycles. The van der Waals surface area contributed by atoms with Crippen LogP contribution in [0.5, 0.6) is 11.5 Å². The second kappa shape index (κ2) is 11.4. The van der Waals surface area contributed by atoms with Crippen LogP contribution in [0.1, 0.15) is 13.8 Å². The Labute approximate surface area is 161 Å². The summed E-state index contributed by atoms with van der Waals surface area (Å²) < 4.78 is 42.8. The predicted octanol–water partition coefficient (Wildman–Crippen LogP) is 0.242. The molecule has 0 radical (unpaired) electrons. The molecule has 10 heteroatoms. The molecule has 0 heterocycles. The summed E-state index contributed by atoms with van der Waals surface area (Å²) in [5, 5.41) is 20.3. The van der Waals surface area contributed by atoms with Crippen molar-refractivity contribution in [2.45, 2.75) is 26.1 Å². The van der Waals surface area contributed by atoms with Crippen molar-refractivity contribution in [3.05, 3.63) is 24.3 Å². The molecule has 2 unspecified atom stereocenters. The SMILES string of the molecule is CCN(CC(O)COc1ccc(OC)cc1)CC(O)CN(CC)S(=O)(=O)O. The number of nitrogens with zero attached hydrogens (tertiary/aromatic N) is 2. The molecule has 2 atom stereocenters. The van der Waals surface area contributed by atoms with E-state index in [4.69, 9.17) is 14.0 Å². The van der Waals surface area contributed by atoms with Crippen molar-refractivity contribution in [2.24, 2.45) is 0 Å². The minimum Gasteiger partial charge on any atom is -0.497 e. The first-order valence-corrected chi connectivity index (χ1v) is 10.2. The largest absolute Gasteiger partial charge is 0.497 e. The summed E-state index contributed by atoms with van der Waals surface area (Å²) in [6.45, 7) is 4.30. The molecule has 0 amide bonds. The molecule has 27 heavy (non-hydrogen) atoms. The molecule has 1 aromatic carbocycles. The molecule has 0 saturated carbocycles. The average molecular weight is 407 g/mol. The van der Waals surface area contributed by atoms with Gasteiger partial charge in [-0.3, -0.25) is 9.45 Å². The summed E-state index contributed by atoms with van der Waals surface area (Å²) in [5.74, 6) is 1.31. The number of hydrogen-bond donors (Lipinski definition) is 3. The molecular formula is C17H30N2O7S. The molecule has 0 aliphatic heterocycles. The lowest BCUT2D eigenvalue weighted by atomic mass is 10.2. The summed E-state index contributed by atoms with van der Waals surface area (Å²) in [7, 11) is -2.77. The third-order valence-corrected chi connectivity index (χ3v) is 5.04. The maximum atomic E-state index is 11.2. The van der Waals surface area contributed by atoms with Gasteiger partial charge in [-0.05, 0) is 30.8 Å². The molecule has 0 fully saturated rings. The number of aliphatic hydroxyl groups is 2. The van der Waals surface area contributed by atoms with Crippen LogP contribution in [0, 0.1) is 0 Å². The predicted molar refractivity (Wildman–Crippen MR) is 101 cm³/mol. The Balaban J connectivity index is 2.46. The highest BCUT2D eigenvalue weighted by Gasteiger charge is 2.22. The summed E-state index contributed by atoms with van der Waals surface area (Å²) in [6, 6.07) is 6.99. The van der Waals surface area contributed by atoms with Crippen molar-refractivity contribution >= 4 is 10.3 Å². The second-order valence-electron chi connectivity index (χ2n) is 6.07. The standard InChI is InChI=1S/C17H30N2O7S/c1-4-18(10-14(20)12-19(5-2)27(22,23)24)11-15(21)13-26-17-8-6-16(25-3)7-9-17/h6-9,14-15,20-21H,4-5,10-13H2,1-3H3,(H,22,23,24). The van der Waals surface area contributed by atoms with Gasteiger partial charge in [0.15, 0.2) is 0 Å². The number of benzene rings is 1. The molecule has 0 aliphatic rings. The highest BCUT2D eigenvalue weighted by atomic mass is 32.2. The fourth-order valence-corrected chi connectivity index (χ4v) is 3.21. The first-order chi connectivity index (χ1) is 12.7. The van der Waals surface area contributed by atoms with Crippen LogP contribution in [-0.4, -0.2) is 91.0 Å². The molecule has 1 aromatic rings. The summed E-state index contributed by atoms with van der Waals surface area (Å²) >= 11 is 0. The number of methoxy groups -OCH3 is 1. The van der Waals surface area contributed by atoms with Crippen LogP contribution in [0.25, 0.3) is 0 Å². The van der Waals surface area contributed by atoms with Gasteiger partial charge in [-0.15, -0.1) is 0 Å². The van der Waals surface area contributed by atoms with E-state index < -0.39 is 22.5 Å². The van der Waals surface area contributed by atoms with Crippen LogP contribution in [0.2, 0.25) is 0 Å². The minimum atomic E-state index is -4.34. The van der Waals surface area contributed by atoms with Crippen molar-refractivity contribution in [1.29, 1.82) is 0 Å². The number of likely N-dealkylation sites (N-methyl/N-ethyl adjacent to an activating group) is 2. The Morgan fingerprint density at radius 3 is 2.00 bits per heavy atom. The van der Waals surface area contributed by atoms with Crippen LogP contribution in [-0.2, 0) is 10.3 Å². The van der Waals surface area contributed by atoms with Gasteiger partial charge < -0.3 is 19.7 Å². The highest BCUT2D eigenvalue weighted by Crippen LogP contribution is 2.17. The van der Waals surface area contributed by atoms with E-state index in [0.717, 1.165) is 4.31 Å². The first-order valence-electron chi connectivity index (χ1n) is 8.77. The van der Waals surface area contributed by atoms with Crippen LogP contribution in [0.15, 0.2) is 24.3 Å². The number of aliphatic hydroxyl groups excluding tert-OH is 2. The second-order valence-corrected chi connectivity index (χ2v) is 7.49. The van der Waals surface area contributed by atoms with Crippen LogP contribution in [0.4, 0.5) is 0 Å². The Morgan fingerprint density at radius 2 is 1.52 bits per heavy atom. The van der Waals surface area contributed by atoms with Crippen molar-refractivity contribution in [1.82, 2.24) is 9.21 Å². The van der Waals surface area contributed by atoms with E-state index in [2.05, 4.69) is 0 Å². The Bertz CT molecular complexity index is 639. The van der Waals surface area contributed by atoms with E-state index in [-0.39, 0.29) is 32.8 Å². The monoisotopic (exact) mass is 406 g/mol. The zero-order valence-corrected chi connectivity index (χ0v) is 16.8. The lowest BCUT2D eigenvalue weighted by Gasteiger charge is -2.28. The fraction of sp³-hybridized carbons (Fsp3) is 0.647. The molecule has 1 rings (SSSR count). The van der Waals surface area contributed by atoms with Crippen molar-refractivity contribution in [3.8, 4) is 11.5 Å². The van der Waals surface area contributed by atoms with Gasteiger partial charge in [0, 0.05) is 26.2 Å². The Hall–Kier alpha value is -1.43. The molecule has 156 valence electrons.